The zero-order valence-corrected chi connectivity index (χ0v) is 25.8. The number of sulfonamides is 2. The van der Waals surface area contributed by atoms with Gasteiger partial charge in [0.05, 0.1) is 43.9 Å². The summed E-state index contributed by atoms with van der Waals surface area (Å²) in [4.78, 5) is 15.2. The molecule has 0 N–H and O–H groups in total. The second kappa shape index (κ2) is 12.1. The molecule has 226 valence electrons. The number of ether oxygens (including phenoxy) is 4. The second-order valence-electron chi connectivity index (χ2n) is 9.44. The monoisotopic (exact) mass is 619 g/mol. The number of benzene rings is 3. The molecule has 42 heavy (non-hydrogen) atoms. The third-order valence-corrected chi connectivity index (χ3v) is 10.5. The van der Waals surface area contributed by atoms with Gasteiger partial charge in [-0.2, -0.15) is 0 Å². The summed E-state index contributed by atoms with van der Waals surface area (Å²) in [5.74, 6) is 0.563. The quantitative estimate of drug-likeness (QED) is 0.318. The van der Waals surface area contributed by atoms with E-state index >= 15 is 0 Å². The molecule has 0 fully saturated rings. The number of nitrogens with zero attached hydrogens (tertiary/aromatic N) is 3. The summed E-state index contributed by atoms with van der Waals surface area (Å²) in [6.07, 6.45) is 0.406. The van der Waals surface area contributed by atoms with E-state index in [4.69, 9.17) is 18.9 Å². The maximum absolute atomic E-state index is 14.2. The van der Waals surface area contributed by atoms with Crippen LogP contribution in [0.2, 0.25) is 0 Å². The Balaban J connectivity index is 1.78. The minimum atomic E-state index is -4.38. The highest BCUT2D eigenvalue weighted by Gasteiger charge is 2.34. The molecule has 1 heterocycles. The molecule has 0 unspecified atom stereocenters. The summed E-state index contributed by atoms with van der Waals surface area (Å²) >= 11 is 0. The Labute approximate surface area is 246 Å². The normalized spacial score (nSPS) is 13.1. The first-order valence-electron chi connectivity index (χ1n) is 12.7. The first kappa shape index (κ1) is 30.9. The van der Waals surface area contributed by atoms with Crippen LogP contribution >= 0.6 is 0 Å². The van der Waals surface area contributed by atoms with Crippen LogP contribution in [-0.2, 0) is 31.3 Å². The number of rotatable bonds is 11. The van der Waals surface area contributed by atoms with Crippen molar-refractivity contribution in [3.8, 4) is 23.0 Å². The van der Waals surface area contributed by atoms with E-state index in [1.54, 1.807) is 24.3 Å². The van der Waals surface area contributed by atoms with Crippen molar-refractivity contribution in [3.63, 3.8) is 0 Å². The van der Waals surface area contributed by atoms with E-state index in [1.165, 1.54) is 77.8 Å². The van der Waals surface area contributed by atoms with Crippen LogP contribution < -0.4 is 28.2 Å². The third-order valence-electron chi connectivity index (χ3n) is 6.90. The van der Waals surface area contributed by atoms with Gasteiger partial charge in [0.2, 0.25) is 15.9 Å². The maximum Gasteiger partial charge on any atom is 0.265 e. The Bertz CT molecular complexity index is 1710. The van der Waals surface area contributed by atoms with Gasteiger partial charge >= 0.3 is 0 Å². The fourth-order valence-corrected chi connectivity index (χ4v) is 7.00. The molecule has 1 aliphatic heterocycles. The summed E-state index contributed by atoms with van der Waals surface area (Å²) in [6, 6.07) is 13.3. The van der Waals surface area contributed by atoms with Crippen molar-refractivity contribution in [3.05, 3.63) is 60.2 Å². The smallest absolute Gasteiger partial charge is 0.265 e. The van der Waals surface area contributed by atoms with Crippen LogP contribution in [-0.4, -0.2) is 82.7 Å². The SMILES string of the molecule is COc1ccc(OC)c(N(CC(=O)N2CCc3cc(S(=O)(=O)N(C)C)ccc32)S(=O)(=O)c2ccc(OC)c(OC)c2)c1. The molecule has 0 saturated heterocycles. The van der Waals surface area contributed by atoms with E-state index in [0.717, 1.165) is 8.61 Å². The van der Waals surface area contributed by atoms with Crippen LogP contribution in [0.5, 0.6) is 23.0 Å². The second-order valence-corrected chi connectivity index (χ2v) is 13.5. The van der Waals surface area contributed by atoms with Gasteiger partial charge in [0.1, 0.15) is 18.0 Å². The van der Waals surface area contributed by atoms with Crippen molar-refractivity contribution < 1.29 is 40.6 Å². The maximum atomic E-state index is 14.2. The molecular weight excluding hydrogens is 586 g/mol. The van der Waals surface area contributed by atoms with Gasteiger partial charge in [-0.25, -0.2) is 21.1 Å². The molecule has 3 aromatic rings. The molecule has 0 radical (unpaired) electrons. The lowest BCUT2D eigenvalue weighted by Crippen LogP contribution is -2.42. The predicted molar refractivity (Wildman–Crippen MR) is 157 cm³/mol. The zero-order chi connectivity index (χ0) is 30.8. The fraction of sp³-hybridized carbons (Fsp3) is 0.321. The van der Waals surface area contributed by atoms with Crippen molar-refractivity contribution in [2.45, 2.75) is 16.2 Å². The summed E-state index contributed by atoms with van der Waals surface area (Å²) in [5, 5.41) is 0. The van der Waals surface area contributed by atoms with Crippen LogP contribution in [0.4, 0.5) is 11.4 Å². The molecule has 14 heteroatoms. The number of anilines is 2. The first-order valence-corrected chi connectivity index (χ1v) is 15.6. The molecule has 0 aliphatic carbocycles. The summed E-state index contributed by atoms with van der Waals surface area (Å²) in [7, 11) is 0.499. The molecule has 3 aromatic carbocycles. The van der Waals surface area contributed by atoms with Crippen LogP contribution in [0.15, 0.2) is 64.4 Å². The van der Waals surface area contributed by atoms with E-state index in [1.807, 2.05) is 0 Å². The largest absolute Gasteiger partial charge is 0.497 e. The van der Waals surface area contributed by atoms with E-state index in [9.17, 15) is 21.6 Å². The van der Waals surface area contributed by atoms with Crippen molar-refractivity contribution in [2.75, 3.05) is 64.8 Å². The lowest BCUT2D eigenvalue weighted by Gasteiger charge is -2.28. The first-order chi connectivity index (χ1) is 19.9. The van der Waals surface area contributed by atoms with Crippen molar-refractivity contribution >= 4 is 37.3 Å². The molecule has 0 saturated carbocycles. The number of amides is 1. The number of carbonyl (C=O) groups is 1. The Morgan fingerprint density at radius 1 is 0.762 bits per heavy atom. The lowest BCUT2D eigenvalue weighted by atomic mass is 10.2. The van der Waals surface area contributed by atoms with E-state index in [0.29, 0.717) is 29.2 Å². The average Bonchev–Trinajstić information content (AvgIpc) is 3.42. The number of carbonyl (C=O) groups excluding carboxylic acids is 1. The van der Waals surface area contributed by atoms with Crippen molar-refractivity contribution in [1.82, 2.24) is 4.31 Å². The topological polar surface area (TPSA) is 132 Å². The van der Waals surface area contributed by atoms with Crippen LogP contribution in [0, 0.1) is 0 Å². The van der Waals surface area contributed by atoms with Gasteiger partial charge in [-0.15, -0.1) is 0 Å². The molecular formula is C28H33N3O9S2. The fourth-order valence-electron chi connectivity index (χ4n) is 4.61. The average molecular weight is 620 g/mol. The number of fused-ring (bicyclic) bond motifs is 1. The zero-order valence-electron chi connectivity index (χ0n) is 24.1. The summed E-state index contributed by atoms with van der Waals surface area (Å²) in [6.45, 7) is -0.337. The molecule has 0 aromatic heterocycles. The van der Waals surface area contributed by atoms with Crippen LogP contribution in [0.3, 0.4) is 0 Å². The number of hydrogen-bond acceptors (Lipinski definition) is 9. The molecule has 1 amide bonds. The van der Waals surface area contributed by atoms with Crippen LogP contribution in [0.1, 0.15) is 5.56 Å². The standard InChI is InChI=1S/C28H33N3O9S2/c1-29(2)41(33,34)21-8-10-23-19(15-21)13-14-30(23)28(32)18-31(24-16-20(37-3)7-11-25(24)38-4)42(35,36)22-9-12-26(39-5)27(17-22)40-6/h7-12,15-17H,13-14,18H2,1-6H3. The van der Waals surface area contributed by atoms with Crippen LogP contribution in [0.25, 0.3) is 0 Å². The summed E-state index contributed by atoms with van der Waals surface area (Å²) in [5.41, 5.74) is 1.27. The van der Waals surface area contributed by atoms with E-state index in [2.05, 4.69) is 0 Å². The Kier molecular flexibility index (Phi) is 8.89. The Morgan fingerprint density at radius 3 is 2.00 bits per heavy atom. The number of methoxy groups -OCH3 is 4. The van der Waals surface area contributed by atoms with Gasteiger partial charge in [-0.3, -0.25) is 9.10 Å². The molecule has 1 aliphatic rings. The minimum Gasteiger partial charge on any atom is -0.497 e. The van der Waals surface area contributed by atoms with Gasteiger partial charge < -0.3 is 23.8 Å². The lowest BCUT2D eigenvalue weighted by molar-refractivity contribution is -0.117. The van der Waals surface area contributed by atoms with E-state index < -0.39 is 32.5 Å². The molecule has 0 spiro atoms. The highest BCUT2D eigenvalue weighted by Crippen LogP contribution is 2.38. The summed E-state index contributed by atoms with van der Waals surface area (Å²) < 4.78 is 77.1. The minimum absolute atomic E-state index is 0.0897. The molecule has 4 rings (SSSR count). The van der Waals surface area contributed by atoms with Gasteiger partial charge in [0, 0.05) is 38.5 Å². The van der Waals surface area contributed by atoms with Gasteiger partial charge in [0.15, 0.2) is 11.5 Å². The van der Waals surface area contributed by atoms with E-state index in [-0.39, 0.29) is 33.5 Å². The van der Waals surface area contributed by atoms with Gasteiger partial charge in [-0.1, -0.05) is 0 Å². The molecule has 0 bridgehead atoms. The molecule has 12 nitrogen and oxygen atoms in total. The Morgan fingerprint density at radius 2 is 1.38 bits per heavy atom. The van der Waals surface area contributed by atoms with Gasteiger partial charge in [0.25, 0.3) is 10.0 Å². The molecule has 0 atom stereocenters. The Hall–Kier alpha value is -4.01. The van der Waals surface area contributed by atoms with Gasteiger partial charge in [-0.05, 0) is 54.4 Å². The van der Waals surface area contributed by atoms with Crippen molar-refractivity contribution in [2.24, 2.45) is 0 Å². The number of hydrogen-bond donors (Lipinski definition) is 0. The highest BCUT2D eigenvalue weighted by atomic mass is 32.2. The van der Waals surface area contributed by atoms with Crippen molar-refractivity contribution in [1.29, 1.82) is 0 Å². The third kappa shape index (κ3) is 5.69. The predicted octanol–water partition coefficient (Wildman–Crippen LogP) is 2.76. The highest BCUT2D eigenvalue weighted by molar-refractivity contribution is 7.93.